The second-order valence-electron chi connectivity index (χ2n) is 4.24. The summed E-state index contributed by atoms with van der Waals surface area (Å²) in [5.41, 5.74) is 1.37. The average molecular weight is 287 g/mol. The molecule has 0 aliphatic carbocycles. The van der Waals surface area contributed by atoms with Crippen molar-refractivity contribution in [2.24, 2.45) is 0 Å². The molecule has 0 aliphatic rings. The van der Waals surface area contributed by atoms with Crippen molar-refractivity contribution < 1.29 is 0 Å². The summed E-state index contributed by atoms with van der Waals surface area (Å²) in [7, 11) is 0. The summed E-state index contributed by atoms with van der Waals surface area (Å²) in [5.74, 6) is 0.461. The van der Waals surface area contributed by atoms with Gasteiger partial charge in [0.2, 0.25) is 5.95 Å². The summed E-state index contributed by atoms with van der Waals surface area (Å²) < 4.78 is 0. The first-order chi connectivity index (χ1) is 9.74. The number of benzene rings is 1. The first-order valence-electron chi connectivity index (χ1n) is 6.06. The fraction of sp³-hybridized carbons (Fsp3) is 0.0714. The van der Waals surface area contributed by atoms with Crippen LogP contribution in [0.4, 0.5) is 5.95 Å². The fourth-order valence-electron chi connectivity index (χ4n) is 1.87. The Labute approximate surface area is 119 Å². The summed E-state index contributed by atoms with van der Waals surface area (Å²) in [6, 6.07) is 9.30. The maximum atomic E-state index is 11.5. The molecule has 0 amide bonds. The number of rotatable bonds is 3. The van der Waals surface area contributed by atoms with Crippen LogP contribution in [0.5, 0.6) is 0 Å². The minimum Gasteiger partial charge on any atom is -0.350 e. The molecule has 0 atom stereocenters. The molecule has 3 aromatic rings. The molecule has 1 aromatic carbocycles. The zero-order valence-electron chi connectivity index (χ0n) is 10.4. The lowest BCUT2D eigenvalue weighted by molar-refractivity contribution is 1.07. The van der Waals surface area contributed by atoms with E-state index in [1.807, 2.05) is 24.3 Å². The Morgan fingerprint density at radius 2 is 2.10 bits per heavy atom. The molecule has 0 bridgehead atoms. The van der Waals surface area contributed by atoms with Crippen molar-refractivity contribution in [3.05, 3.63) is 63.7 Å². The molecule has 6 heteroatoms. The van der Waals surface area contributed by atoms with Gasteiger partial charge >= 0.3 is 0 Å². The number of H-pyrrole nitrogens is 1. The van der Waals surface area contributed by atoms with Crippen molar-refractivity contribution in [1.29, 1.82) is 0 Å². The van der Waals surface area contributed by atoms with E-state index < -0.39 is 0 Å². The van der Waals surface area contributed by atoms with Gasteiger partial charge in [-0.2, -0.15) is 0 Å². The van der Waals surface area contributed by atoms with Crippen LogP contribution in [-0.2, 0) is 6.54 Å². The van der Waals surface area contributed by atoms with Gasteiger partial charge in [-0.15, -0.1) is 0 Å². The Morgan fingerprint density at radius 1 is 1.25 bits per heavy atom. The number of pyridine rings is 1. The number of anilines is 1. The lowest BCUT2D eigenvalue weighted by atomic mass is 10.2. The van der Waals surface area contributed by atoms with E-state index in [2.05, 4.69) is 20.3 Å². The van der Waals surface area contributed by atoms with Gasteiger partial charge < -0.3 is 10.3 Å². The van der Waals surface area contributed by atoms with Crippen molar-refractivity contribution >= 4 is 28.5 Å². The maximum absolute atomic E-state index is 11.5. The molecule has 0 spiro atoms. The van der Waals surface area contributed by atoms with E-state index in [-0.39, 0.29) is 5.56 Å². The van der Waals surface area contributed by atoms with Crippen molar-refractivity contribution in [2.75, 3.05) is 5.32 Å². The largest absolute Gasteiger partial charge is 0.350 e. The van der Waals surface area contributed by atoms with Crippen LogP contribution in [0.1, 0.15) is 5.56 Å². The quantitative estimate of drug-likeness (QED) is 0.776. The number of hydrogen-bond donors (Lipinski definition) is 2. The minimum absolute atomic E-state index is 0.194. The SMILES string of the molecule is O=c1[nH]ccc2nc(NCc3ccccc3Cl)ncc12. The standard InChI is InChI=1S/C14H11ClN4O/c15-11-4-2-1-3-9(11)7-17-14-18-8-10-12(19-14)5-6-16-13(10)20/h1-6,8H,7H2,(H,16,20)(H,17,18,19). The molecule has 0 unspecified atom stereocenters. The highest BCUT2D eigenvalue weighted by atomic mass is 35.5. The van der Waals surface area contributed by atoms with Gasteiger partial charge in [0.05, 0.1) is 10.9 Å². The Hall–Kier alpha value is -2.40. The molecule has 0 fully saturated rings. The Balaban J connectivity index is 1.85. The normalized spacial score (nSPS) is 10.7. The number of nitrogens with one attached hydrogen (secondary N) is 2. The van der Waals surface area contributed by atoms with Crippen molar-refractivity contribution in [1.82, 2.24) is 15.0 Å². The van der Waals surface area contributed by atoms with Crippen molar-refractivity contribution in [3.63, 3.8) is 0 Å². The summed E-state index contributed by atoms with van der Waals surface area (Å²) in [4.78, 5) is 22.5. The van der Waals surface area contributed by atoms with E-state index in [1.165, 1.54) is 6.20 Å². The van der Waals surface area contributed by atoms with Gasteiger partial charge in [-0.1, -0.05) is 29.8 Å². The Morgan fingerprint density at radius 3 is 2.95 bits per heavy atom. The smallest absolute Gasteiger partial charge is 0.258 e. The summed E-state index contributed by atoms with van der Waals surface area (Å²) >= 11 is 6.08. The van der Waals surface area contributed by atoms with Gasteiger partial charge in [-0.3, -0.25) is 4.79 Å². The molecule has 0 aliphatic heterocycles. The zero-order valence-corrected chi connectivity index (χ0v) is 11.2. The van der Waals surface area contributed by atoms with E-state index >= 15 is 0 Å². The number of hydrogen-bond acceptors (Lipinski definition) is 4. The maximum Gasteiger partial charge on any atom is 0.258 e. The van der Waals surface area contributed by atoms with E-state index in [4.69, 9.17) is 11.6 Å². The van der Waals surface area contributed by atoms with Crippen molar-refractivity contribution in [2.45, 2.75) is 6.54 Å². The lowest BCUT2D eigenvalue weighted by Gasteiger charge is -2.06. The van der Waals surface area contributed by atoms with E-state index in [0.717, 1.165) is 5.56 Å². The molecule has 5 nitrogen and oxygen atoms in total. The predicted molar refractivity (Wildman–Crippen MR) is 78.9 cm³/mol. The summed E-state index contributed by atoms with van der Waals surface area (Å²) in [5, 5.41) is 4.25. The fourth-order valence-corrected chi connectivity index (χ4v) is 2.07. The molecular weight excluding hydrogens is 276 g/mol. The number of aromatic amines is 1. The molecular formula is C14H11ClN4O. The van der Waals surface area contributed by atoms with Crippen LogP contribution in [0.3, 0.4) is 0 Å². The number of nitrogens with zero attached hydrogens (tertiary/aromatic N) is 2. The topological polar surface area (TPSA) is 70.7 Å². The van der Waals surface area contributed by atoms with Gasteiger partial charge in [-0.05, 0) is 17.7 Å². The number of aromatic nitrogens is 3. The van der Waals surface area contributed by atoms with Gasteiger partial charge in [0.25, 0.3) is 5.56 Å². The van der Waals surface area contributed by atoms with Crippen LogP contribution in [0.15, 0.2) is 47.5 Å². The number of fused-ring (bicyclic) bond motifs is 1. The van der Waals surface area contributed by atoms with Crippen LogP contribution in [-0.4, -0.2) is 15.0 Å². The van der Waals surface area contributed by atoms with Gasteiger partial charge in [0, 0.05) is 24.0 Å². The molecule has 3 rings (SSSR count). The third kappa shape index (κ3) is 2.48. The average Bonchev–Trinajstić information content (AvgIpc) is 2.46. The van der Waals surface area contributed by atoms with Gasteiger partial charge in [0.1, 0.15) is 0 Å². The monoisotopic (exact) mass is 286 g/mol. The second-order valence-corrected chi connectivity index (χ2v) is 4.65. The molecule has 20 heavy (non-hydrogen) atoms. The molecule has 0 saturated carbocycles. The molecule has 2 heterocycles. The van der Waals surface area contributed by atoms with Crippen LogP contribution in [0.2, 0.25) is 5.02 Å². The van der Waals surface area contributed by atoms with Crippen LogP contribution < -0.4 is 10.9 Å². The molecule has 0 radical (unpaired) electrons. The Bertz CT molecular complexity index is 815. The first kappa shape index (κ1) is 12.6. The van der Waals surface area contributed by atoms with Crippen LogP contribution in [0.25, 0.3) is 10.9 Å². The highest BCUT2D eigenvalue weighted by Gasteiger charge is 2.04. The highest BCUT2D eigenvalue weighted by Crippen LogP contribution is 2.16. The minimum atomic E-state index is -0.194. The first-order valence-corrected chi connectivity index (χ1v) is 6.43. The van der Waals surface area contributed by atoms with Gasteiger partial charge in [0.15, 0.2) is 0 Å². The third-order valence-corrected chi connectivity index (χ3v) is 3.28. The zero-order chi connectivity index (χ0) is 13.9. The van der Waals surface area contributed by atoms with Crippen molar-refractivity contribution in [3.8, 4) is 0 Å². The van der Waals surface area contributed by atoms with E-state index in [1.54, 1.807) is 12.3 Å². The molecule has 0 saturated heterocycles. The predicted octanol–water partition coefficient (Wildman–Crippen LogP) is 2.58. The van der Waals surface area contributed by atoms with E-state index in [9.17, 15) is 4.79 Å². The Kier molecular flexibility index (Phi) is 3.35. The van der Waals surface area contributed by atoms with Gasteiger partial charge in [-0.25, -0.2) is 9.97 Å². The second kappa shape index (κ2) is 5.30. The van der Waals surface area contributed by atoms with Crippen LogP contribution in [0, 0.1) is 0 Å². The third-order valence-electron chi connectivity index (χ3n) is 2.91. The lowest BCUT2D eigenvalue weighted by Crippen LogP contribution is -2.08. The molecule has 2 aromatic heterocycles. The summed E-state index contributed by atoms with van der Waals surface area (Å²) in [6.07, 6.45) is 3.08. The molecule has 2 N–H and O–H groups in total. The van der Waals surface area contributed by atoms with E-state index in [0.29, 0.717) is 28.4 Å². The highest BCUT2D eigenvalue weighted by molar-refractivity contribution is 6.31. The van der Waals surface area contributed by atoms with Crippen LogP contribution >= 0.6 is 11.6 Å². The molecule has 100 valence electrons. The number of halogens is 1. The summed E-state index contributed by atoms with van der Waals surface area (Å²) in [6.45, 7) is 0.522.